The van der Waals surface area contributed by atoms with E-state index in [1.165, 1.54) is 51.7 Å². The Balaban J connectivity index is 0.000000142. The van der Waals surface area contributed by atoms with Crippen LogP contribution in [0, 0.1) is 51.4 Å². The summed E-state index contributed by atoms with van der Waals surface area (Å²) in [5, 5.41) is 28.4. The molecular formula is C84H67BrF3N3O16. The van der Waals surface area contributed by atoms with Gasteiger partial charge in [0.15, 0.2) is 0 Å². The molecule has 23 heteroatoms. The zero-order chi connectivity index (χ0) is 75.0. The van der Waals surface area contributed by atoms with Crippen molar-refractivity contribution in [2.24, 2.45) is 0 Å². The predicted molar refractivity (Wildman–Crippen MR) is 385 cm³/mol. The number of carbonyl (C=O) groups excluding carboxylic acids is 4. The highest BCUT2D eigenvalue weighted by Crippen LogP contribution is 2.50. The zero-order valence-electron chi connectivity index (χ0n) is 58.1. The Labute approximate surface area is 622 Å². The van der Waals surface area contributed by atoms with Crippen LogP contribution in [-0.2, 0) is 47.9 Å². The number of nitriles is 3. The van der Waals surface area contributed by atoms with E-state index >= 15 is 0 Å². The molecule has 0 radical (unpaired) electrons. The molecule has 3 aliphatic carbocycles. The smallest absolute Gasteiger partial charge is 0.306 e. The highest BCUT2D eigenvalue weighted by molar-refractivity contribution is 9.10. The third-order valence-electron chi connectivity index (χ3n) is 19.4. The molecule has 0 aromatic heterocycles. The molecule has 542 valence electrons. The quantitative estimate of drug-likeness (QED) is 0.0390. The first kappa shape index (κ1) is 73.1. The van der Waals surface area contributed by atoms with Crippen LogP contribution in [0.2, 0.25) is 0 Å². The molecule has 0 saturated heterocycles. The van der Waals surface area contributed by atoms with Crippen LogP contribution >= 0.6 is 15.9 Å². The zero-order valence-corrected chi connectivity index (χ0v) is 59.6. The van der Waals surface area contributed by atoms with E-state index in [1.807, 2.05) is 42.5 Å². The molecule has 3 heterocycles. The van der Waals surface area contributed by atoms with Gasteiger partial charge in [0.2, 0.25) is 0 Å². The van der Waals surface area contributed by atoms with Gasteiger partial charge < -0.3 is 56.8 Å². The highest BCUT2D eigenvalue weighted by Gasteiger charge is 2.37. The van der Waals surface area contributed by atoms with Crippen LogP contribution in [0.3, 0.4) is 0 Å². The van der Waals surface area contributed by atoms with Gasteiger partial charge in [-0.05, 0) is 147 Å². The molecular weight excluding hydrogens is 1440 g/mol. The summed E-state index contributed by atoms with van der Waals surface area (Å²) in [6.45, 7) is 4.90. The summed E-state index contributed by atoms with van der Waals surface area (Å²) in [7, 11) is 4.09. The molecule has 9 aromatic carbocycles. The molecule has 3 aliphatic heterocycles. The fourth-order valence-electron chi connectivity index (χ4n) is 14.1. The van der Waals surface area contributed by atoms with Crippen molar-refractivity contribution in [2.75, 3.05) is 41.2 Å². The molecule has 0 saturated carbocycles. The minimum atomic E-state index is -0.526. The lowest BCUT2D eigenvalue weighted by Gasteiger charge is -2.17. The van der Waals surface area contributed by atoms with Crippen LogP contribution in [0.5, 0.6) is 69.0 Å². The first-order valence-electron chi connectivity index (χ1n) is 34.3. The number of nitrogens with zero attached hydrogens (tertiary/aromatic N) is 3. The second-order valence-electron chi connectivity index (χ2n) is 25.8. The number of hydrogen-bond donors (Lipinski definition) is 0. The Bertz CT molecular complexity index is 4930. The second-order valence-corrected chi connectivity index (χ2v) is 26.7. The lowest BCUT2D eigenvalue weighted by molar-refractivity contribution is -0.142. The molecule has 0 amide bonds. The predicted octanol–water partition coefficient (Wildman–Crippen LogP) is 18.0. The number of ether oxygens (including phenoxy) is 12. The number of halogens is 4. The second kappa shape index (κ2) is 32.4. The normalized spacial score (nSPS) is 17.5. The first-order valence-corrected chi connectivity index (χ1v) is 35.1. The van der Waals surface area contributed by atoms with E-state index in [0.29, 0.717) is 173 Å². The van der Waals surface area contributed by atoms with Gasteiger partial charge in [0.1, 0.15) is 129 Å². The van der Waals surface area contributed by atoms with Gasteiger partial charge in [-0.3, -0.25) is 19.2 Å². The van der Waals surface area contributed by atoms with E-state index in [4.69, 9.17) is 56.8 Å². The maximum absolute atomic E-state index is 15.0. The average Bonchev–Trinajstić information content (AvgIpc) is 1.25. The van der Waals surface area contributed by atoms with Gasteiger partial charge in [-0.25, -0.2) is 13.2 Å². The van der Waals surface area contributed by atoms with Crippen molar-refractivity contribution >= 4 is 46.2 Å². The van der Waals surface area contributed by atoms with Crippen LogP contribution in [0.4, 0.5) is 13.2 Å². The van der Waals surface area contributed by atoms with E-state index in [-0.39, 0.29) is 72.1 Å². The summed E-state index contributed by atoms with van der Waals surface area (Å²) in [5.41, 5.74) is 8.40. The third-order valence-corrected chi connectivity index (χ3v) is 19.9. The molecule has 6 aliphatic rings. The fourth-order valence-corrected chi connectivity index (χ4v) is 14.5. The lowest BCUT2D eigenvalue weighted by Crippen LogP contribution is -2.09. The van der Waals surface area contributed by atoms with Gasteiger partial charge in [-0.15, -0.1) is 0 Å². The van der Waals surface area contributed by atoms with Crippen molar-refractivity contribution in [3.63, 3.8) is 0 Å². The topological polar surface area (TPSA) is 250 Å². The Morgan fingerprint density at radius 1 is 0.458 bits per heavy atom. The summed E-state index contributed by atoms with van der Waals surface area (Å²) in [6, 6.07) is 46.4. The Morgan fingerprint density at radius 3 is 1.12 bits per heavy atom. The fraction of sp³-hybridized carbons (Fsp3) is 0.250. The Hall–Kier alpha value is -12.3. The van der Waals surface area contributed by atoms with Crippen LogP contribution < -0.4 is 42.6 Å². The SMILES string of the molecule is C=Cc1ccc(Oc2ccc(F)c3c2CC[C@H]3Oc2ccc3c(c2)OC[C@H]3CC(=O)OC)c(C#N)c1.COC(=O)C[C@@H]1COc2cc(O[C@@H]3CCc4c(Oc5ccc(Br)cc5C#N)ccc(F)c43)ccc21.COC(=O)C[C@@H]1COc2cc(O[C@@H]3CCc4c(Oc5ccc(C=O)cc5C#N)ccc(F)c43)ccc21. The van der Waals surface area contributed by atoms with Gasteiger partial charge in [0, 0.05) is 96.1 Å². The average molecular weight is 1510 g/mol. The maximum Gasteiger partial charge on any atom is 0.306 e. The number of carbonyl (C=O) groups is 4. The van der Waals surface area contributed by atoms with E-state index in [0.717, 1.165) is 37.9 Å². The molecule has 0 unspecified atom stereocenters. The van der Waals surface area contributed by atoms with Gasteiger partial charge in [-0.1, -0.05) is 52.9 Å². The number of aldehydes is 1. The largest absolute Gasteiger partial charge is 0.492 e. The number of methoxy groups -OCH3 is 3. The Morgan fingerprint density at radius 2 is 0.785 bits per heavy atom. The molecule has 107 heavy (non-hydrogen) atoms. The first-order chi connectivity index (χ1) is 52.0. The van der Waals surface area contributed by atoms with Gasteiger partial charge in [0.25, 0.3) is 0 Å². The van der Waals surface area contributed by atoms with Crippen molar-refractivity contribution in [2.45, 2.75) is 93.9 Å². The van der Waals surface area contributed by atoms with Crippen LogP contribution in [0.25, 0.3) is 6.08 Å². The molecule has 19 nitrogen and oxygen atoms in total. The number of hydrogen-bond acceptors (Lipinski definition) is 19. The van der Waals surface area contributed by atoms with Crippen molar-refractivity contribution in [3.05, 3.63) is 252 Å². The van der Waals surface area contributed by atoms with Gasteiger partial charge >= 0.3 is 17.9 Å². The van der Waals surface area contributed by atoms with Crippen LogP contribution in [-0.4, -0.2) is 65.3 Å². The highest BCUT2D eigenvalue weighted by atomic mass is 79.9. The third kappa shape index (κ3) is 15.9. The Kier molecular flexibility index (Phi) is 22.1. The molecule has 0 bridgehead atoms. The van der Waals surface area contributed by atoms with Crippen molar-refractivity contribution in [3.8, 4) is 87.2 Å². The molecule has 0 fully saturated rings. The molecule has 0 N–H and O–H groups in total. The minimum absolute atomic E-state index is 0.0623. The van der Waals surface area contributed by atoms with E-state index < -0.39 is 24.1 Å². The van der Waals surface area contributed by atoms with E-state index in [9.17, 15) is 48.1 Å². The summed E-state index contributed by atoms with van der Waals surface area (Å²) in [5.74, 6) is 3.97. The number of rotatable bonds is 20. The number of esters is 3. The van der Waals surface area contributed by atoms with Gasteiger partial charge in [-0.2, -0.15) is 15.8 Å². The van der Waals surface area contributed by atoms with Crippen molar-refractivity contribution < 1.29 is 89.2 Å². The van der Waals surface area contributed by atoms with Crippen LogP contribution in [0.15, 0.2) is 157 Å². The lowest BCUT2D eigenvalue weighted by atomic mass is 9.98. The molecule has 6 atom stereocenters. The summed E-state index contributed by atoms with van der Waals surface area (Å²) in [6.07, 6.45) is 4.93. The van der Waals surface area contributed by atoms with Crippen molar-refractivity contribution in [1.29, 1.82) is 15.8 Å². The summed E-state index contributed by atoms with van der Waals surface area (Å²) >= 11 is 3.35. The number of fused-ring (bicyclic) bond motifs is 6. The maximum atomic E-state index is 15.0. The minimum Gasteiger partial charge on any atom is -0.492 e. The summed E-state index contributed by atoms with van der Waals surface area (Å²) in [4.78, 5) is 46.0. The number of benzene rings is 9. The van der Waals surface area contributed by atoms with Crippen LogP contribution in [0.1, 0.15) is 157 Å². The van der Waals surface area contributed by atoms with Crippen molar-refractivity contribution in [1.82, 2.24) is 0 Å². The summed E-state index contributed by atoms with van der Waals surface area (Å²) < 4.78 is 114. The van der Waals surface area contributed by atoms with Gasteiger partial charge in [0.05, 0.1) is 77.1 Å². The molecule has 15 rings (SSSR count). The standard InChI is InChI=1S/C29H24FNO5.C28H22FNO6.C27H21BrFNO5/c1-3-17-4-9-24(18(12-17)15-31)36-25-11-8-23(30)29-22(25)7-10-26(29)35-20-5-6-21-19(13-28(32)33-2)16-34-27(21)14-20;1-33-27(32)11-18-15-34-26-12-19(3-4-20(18)26)35-25-8-5-21-24(9-6-22(29)28(21)25)36-23-7-2-16(14-31)10-17(23)13-30;1-32-26(31)11-16-14-33-25-12-18(3-4-19(16)25)34-24-8-5-20-23(9-6-21(29)27(20)24)35-22-7-2-17(28)10-15(22)13-30/h3-6,8-9,11-12,14,19,26H,1,7,10,13,16H2,2H3;2-4,6-7,9-10,12,14,18,25H,5,8,11,15H2,1H3;2-4,6-7,9-10,12,16,24H,5,8,11,14H2,1H3/t19-,26-;18-,25-;16-,24-/m111/s1. The van der Waals surface area contributed by atoms with E-state index in [1.54, 1.807) is 84.9 Å². The van der Waals surface area contributed by atoms with E-state index in [2.05, 4.69) is 34.6 Å². The molecule has 9 aromatic rings. The molecule has 0 spiro atoms. The monoisotopic (exact) mass is 1510 g/mol.